The van der Waals surface area contributed by atoms with Gasteiger partial charge in [-0.2, -0.15) is 0 Å². The average Bonchev–Trinajstić information content (AvgIpc) is 3.13. The monoisotopic (exact) mass is 420 g/mol. The molecule has 0 fully saturated rings. The highest BCUT2D eigenvalue weighted by atomic mass is 35.5. The van der Waals surface area contributed by atoms with Gasteiger partial charge in [0.25, 0.3) is 0 Å². The zero-order chi connectivity index (χ0) is 20.1. The van der Waals surface area contributed by atoms with Crippen LogP contribution >= 0.6 is 23.4 Å². The fourth-order valence-electron chi connectivity index (χ4n) is 2.63. The molecule has 8 heteroatoms. The molecule has 2 aromatic rings. The fraction of sp³-hybridized carbons (Fsp3) is 0.300. The quantitative estimate of drug-likeness (QED) is 0.672. The standard InChI is InChI=1S/C20H21ClN2O4S/c1-12-3-5-15(8-16(12)21)28-10-17(23-13(2)24)20(25)22-9-14-4-6-18-19(7-14)27-11-26-18/h3-8,17H,9-11H2,1-2H3,(H,22,25)(H,23,24). The summed E-state index contributed by atoms with van der Waals surface area (Å²) >= 11 is 7.62. The maximum atomic E-state index is 12.6. The Hall–Kier alpha value is -2.38. The molecule has 1 atom stereocenters. The van der Waals surface area contributed by atoms with Crippen LogP contribution in [0.3, 0.4) is 0 Å². The van der Waals surface area contributed by atoms with Gasteiger partial charge in [-0.15, -0.1) is 11.8 Å². The predicted molar refractivity (Wildman–Crippen MR) is 109 cm³/mol. The predicted octanol–water partition coefficient (Wildman–Crippen LogP) is 3.29. The first kappa shape index (κ1) is 20.4. The van der Waals surface area contributed by atoms with Crippen molar-refractivity contribution in [1.82, 2.24) is 10.6 Å². The highest BCUT2D eigenvalue weighted by molar-refractivity contribution is 7.99. The van der Waals surface area contributed by atoms with E-state index in [4.69, 9.17) is 21.1 Å². The minimum atomic E-state index is -0.656. The van der Waals surface area contributed by atoms with Crippen molar-refractivity contribution in [3.8, 4) is 11.5 Å². The highest BCUT2D eigenvalue weighted by Gasteiger charge is 2.20. The number of rotatable bonds is 7. The molecule has 0 saturated heterocycles. The summed E-state index contributed by atoms with van der Waals surface area (Å²) in [4.78, 5) is 25.1. The number of thioether (sulfide) groups is 1. The second kappa shape index (κ2) is 9.21. The number of hydrogen-bond donors (Lipinski definition) is 2. The van der Waals surface area contributed by atoms with Crippen molar-refractivity contribution in [3.63, 3.8) is 0 Å². The first-order valence-electron chi connectivity index (χ1n) is 8.74. The molecular formula is C20H21ClN2O4S. The summed E-state index contributed by atoms with van der Waals surface area (Å²) in [5.41, 5.74) is 1.88. The SMILES string of the molecule is CC(=O)NC(CSc1ccc(C)c(Cl)c1)C(=O)NCc1ccc2c(c1)OCO2. The lowest BCUT2D eigenvalue weighted by Crippen LogP contribution is -2.47. The average molecular weight is 421 g/mol. The molecule has 0 aromatic heterocycles. The van der Waals surface area contributed by atoms with Gasteiger partial charge in [0.15, 0.2) is 11.5 Å². The van der Waals surface area contributed by atoms with Crippen LogP contribution in [0.5, 0.6) is 11.5 Å². The van der Waals surface area contributed by atoms with Crippen LogP contribution in [0.4, 0.5) is 0 Å². The van der Waals surface area contributed by atoms with Gasteiger partial charge in [-0.05, 0) is 42.3 Å². The van der Waals surface area contributed by atoms with E-state index < -0.39 is 6.04 Å². The van der Waals surface area contributed by atoms with Gasteiger partial charge < -0.3 is 20.1 Å². The van der Waals surface area contributed by atoms with Gasteiger partial charge in [0.2, 0.25) is 18.6 Å². The summed E-state index contributed by atoms with van der Waals surface area (Å²) in [5, 5.41) is 6.24. The molecule has 28 heavy (non-hydrogen) atoms. The molecule has 0 aliphatic carbocycles. The minimum Gasteiger partial charge on any atom is -0.454 e. The number of amides is 2. The Morgan fingerprint density at radius 3 is 2.71 bits per heavy atom. The first-order chi connectivity index (χ1) is 13.4. The van der Waals surface area contributed by atoms with E-state index in [9.17, 15) is 9.59 Å². The Kier molecular flexibility index (Phi) is 6.70. The number of hydrogen-bond acceptors (Lipinski definition) is 5. The number of benzene rings is 2. The van der Waals surface area contributed by atoms with E-state index in [0.717, 1.165) is 16.0 Å². The van der Waals surface area contributed by atoms with Gasteiger partial charge in [0.05, 0.1) is 0 Å². The molecule has 1 aliphatic heterocycles. The molecule has 0 spiro atoms. The number of fused-ring (bicyclic) bond motifs is 1. The van der Waals surface area contributed by atoms with E-state index in [1.165, 1.54) is 18.7 Å². The zero-order valence-electron chi connectivity index (χ0n) is 15.6. The van der Waals surface area contributed by atoms with Crippen LogP contribution in [-0.4, -0.2) is 30.4 Å². The summed E-state index contributed by atoms with van der Waals surface area (Å²) in [6.07, 6.45) is 0. The van der Waals surface area contributed by atoms with Crippen molar-refractivity contribution in [2.24, 2.45) is 0 Å². The van der Waals surface area contributed by atoms with Gasteiger partial charge in [-0.1, -0.05) is 23.7 Å². The highest BCUT2D eigenvalue weighted by Crippen LogP contribution is 2.32. The maximum absolute atomic E-state index is 12.6. The van der Waals surface area contributed by atoms with Crippen molar-refractivity contribution in [1.29, 1.82) is 0 Å². The van der Waals surface area contributed by atoms with E-state index in [0.29, 0.717) is 28.8 Å². The third-order valence-electron chi connectivity index (χ3n) is 4.16. The molecule has 0 bridgehead atoms. The maximum Gasteiger partial charge on any atom is 0.243 e. The van der Waals surface area contributed by atoms with Crippen molar-refractivity contribution < 1.29 is 19.1 Å². The smallest absolute Gasteiger partial charge is 0.243 e. The summed E-state index contributed by atoms with van der Waals surface area (Å²) in [6, 6.07) is 10.6. The Morgan fingerprint density at radius 2 is 1.96 bits per heavy atom. The van der Waals surface area contributed by atoms with Crippen molar-refractivity contribution in [3.05, 3.63) is 52.5 Å². The summed E-state index contributed by atoms with van der Waals surface area (Å²) in [6.45, 7) is 3.86. The summed E-state index contributed by atoms with van der Waals surface area (Å²) < 4.78 is 10.6. The minimum absolute atomic E-state index is 0.204. The third-order valence-corrected chi connectivity index (χ3v) is 5.65. The number of carbonyl (C=O) groups excluding carboxylic acids is 2. The third kappa shape index (κ3) is 5.33. The van der Waals surface area contributed by atoms with E-state index >= 15 is 0 Å². The Morgan fingerprint density at radius 1 is 1.18 bits per heavy atom. The Labute approximate surface area is 172 Å². The van der Waals surface area contributed by atoms with Crippen molar-refractivity contribution in [2.45, 2.75) is 31.3 Å². The van der Waals surface area contributed by atoms with Crippen LogP contribution in [0, 0.1) is 6.92 Å². The Bertz CT molecular complexity index is 891. The van der Waals surface area contributed by atoms with Crippen molar-refractivity contribution in [2.75, 3.05) is 12.5 Å². The topological polar surface area (TPSA) is 76.7 Å². The van der Waals surface area contributed by atoms with Crippen LogP contribution in [0.15, 0.2) is 41.3 Å². The van der Waals surface area contributed by atoms with Gasteiger partial charge >= 0.3 is 0 Å². The lowest BCUT2D eigenvalue weighted by molar-refractivity contribution is -0.127. The number of nitrogens with one attached hydrogen (secondary N) is 2. The fourth-order valence-corrected chi connectivity index (χ4v) is 3.84. The number of carbonyl (C=O) groups is 2. The van der Waals surface area contributed by atoms with E-state index in [2.05, 4.69) is 10.6 Å². The van der Waals surface area contributed by atoms with Gasteiger partial charge in [0, 0.05) is 29.1 Å². The second-order valence-electron chi connectivity index (χ2n) is 6.38. The zero-order valence-corrected chi connectivity index (χ0v) is 17.2. The van der Waals surface area contributed by atoms with Crippen molar-refractivity contribution >= 4 is 35.2 Å². The van der Waals surface area contributed by atoms with Crippen LogP contribution in [0.1, 0.15) is 18.1 Å². The summed E-state index contributed by atoms with van der Waals surface area (Å²) in [5.74, 6) is 1.24. The Balaban J connectivity index is 1.59. The molecule has 0 radical (unpaired) electrons. The van der Waals surface area contributed by atoms with Crippen LogP contribution in [0.2, 0.25) is 5.02 Å². The molecule has 148 valence electrons. The lowest BCUT2D eigenvalue weighted by atomic mass is 10.2. The number of ether oxygens (including phenoxy) is 2. The summed E-state index contributed by atoms with van der Waals surface area (Å²) in [7, 11) is 0. The molecule has 0 saturated carbocycles. The molecule has 2 aromatic carbocycles. The molecule has 2 N–H and O–H groups in total. The molecule has 6 nitrogen and oxygen atoms in total. The van der Waals surface area contributed by atoms with E-state index in [1.54, 1.807) is 0 Å². The van der Waals surface area contributed by atoms with Crippen LogP contribution < -0.4 is 20.1 Å². The van der Waals surface area contributed by atoms with E-state index in [1.807, 2.05) is 43.3 Å². The molecular weight excluding hydrogens is 400 g/mol. The molecule has 1 heterocycles. The first-order valence-corrected chi connectivity index (χ1v) is 10.1. The van der Waals surface area contributed by atoms with E-state index in [-0.39, 0.29) is 18.6 Å². The number of aryl methyl sites for hydroxylation is 1. The van der Waals surface area contributed by atoms with Gasteiger partial charge in [-0.3, -0.25) is 9.59 Å². The molecule has 2 amide bonds. The van der Waals surface area contributed by atoms with Gasteiger partial charge in [-0.25, -0.2) is 0 Å². The normalized spacial score (nSPS) is 13.1. The van der Waals surface area contributed by atoms with Crippen LogP contribution in [-0.2, 0) is 16.1 Å². The molecule has 1 unspecified atom stereocenters. The lowest BCUT2D eigenvalue weighted by Gasteiger charge is -2.17. The molecule has 1 aliphatic rings. The largest absolute Gasteiger partial charge is 0.454 e. The number of halogens is 1. The molecule has 3 rings (SSSR count). The van der Waals surface area contributed by atoms with Gasteiger partial charge in [0.1, 0.15) is 6.04 Å². The van der Waals surface area contributed by atoms with Crippen LogP contribution in [0.25, 0.3) is 0 Å². The second-order valence-corrected chi connectivity index (χ2v) is 7.88.